The van der Waals surface area contributed by atoms with E-state index in [1.54, 1.807) is 12.1 Å². The first-order valence-electron chi connectivity index (χ1n) is 5.37. The summed E-state index contributed by atoms with van der Waals surface area (Å²) in [6, 6.07) is 13.0. The van der Waals surface area contributed by atoms with Gasteiger partial charge < -0.3 is 8.92 Å². The molecule has 7 heteroatoms. The molecule has 0 bridgehead atoms. The Morgan fingerprint density at radius 1 is 0.950 bits per heavy atom. The highest BCUT2D eigenvalue weighted by molar-refractivity contribution is 7.94. The van der Waals surface area contributed by atoms with Crippen LogP contribution >= 0.6 is 34.8 Å². The fourth-order valence-corrected chi connectivity index (χ4v) is 2.36. The van der Waals surface area contributed by atoms with Crippen LogP contribution in [0.5, 0.6) is 0 Å². The third-order valence-electron chi connectivity index (χ3n) is 2.37. The van der Waals surface area contributed by atoms with E-state index in [1.807, 2.05) is 30.3 Å². The van der Waals surface area contributed by atoms with E-state index in [0.29, 0.717) is 5.56 Å². The van der Waals surface area contributed by atoms with Crippen LogP contribution in [0.25, 0.3) is 10.8 Å². The van der Waals surface area contributed by atoms with Crippen molar-refractivity contribution in [1.29, 1.82) is 0 Å². The Kier molecular flexibility index (Phi) is 5.00. The van der Waals surface area contributed by atoms with Crippen LogP contribution in [0.15, 0.2) is 42.5 Å². The number of fused-ring (bicyclic) bond motifs is 1. The molecule has 0 fully saturated rings. The van der Waals surface area contributed by atoms with Crippen molar-refractivity contribution in [2.45, 2.75) is 0 Å². The van der Waals surface area contributed by atoms with E-state index in [0.717, 1.165) is 10.8 Å². The van der Waals surface area contributed by atoms with Crippen LogP contribution in [0.1, 0.15) is 5.56 Å². The molecule has 0 unspecified atom stereocenters. The highest BCUT2D eigenvalue weighted by Crippen LogP contribution is 2.18. The maximum Gasteiger partial charge on any atom is 0.415 e. The van der Waals surface area contributed by atoms with Crippen molar-refractivity contribution in [3.8, 4) is 0 Å². The standard InChI is InChI=1S/C13H8Cl2O4S/c14-12(16)18-11(20-19-13(15)17)10-6-5-8-3-1-2-4-9(8)7-10/h1-7,20H. The zero-order valence-corrected chi connectivity index (χ0v) is 12.3. The third kappa shape index (κ3) is 3.96. The van der Waals surface area contributed by atoms with Gasteiger partial charge in [0, 0.05) is 40.4 Å². The molecular formula is C13H8Cl2O4S. The van der Waals surface area contributed by atoms with Gasteiger partial charge in [-0.2, -0.15) is 0 Å². The molecule has 0 aliphatic carbocycles. The van der Waals surface area contributed by atoms with Crippen LogP contribution in [0.3, 0.4) is 0 Å². The average molecular weight is 331 g/mol. The van der Waals surface area contributed by atoms with E-state index in [9.17, 15) is 9.59 Å². The number of benzene rings is 2. The quantitative estimate of drug-likeness (QED) is 0.502. The maximum atomic E-state index is 10.9. The van der Waals surface area contributed by atoms with Crippen LogP contribution in [-0.4, -0.2) is 15.9 Å². The van der Waals surface area contributed by atoms with Crippen molar-refractivity contribution < 1.29 is 18.5 Å². The molecule has 0 saturated carbocycles. The van der Waals surface area contributed by atoms with E-state index in [-0.39, 0.29) is 16.7 Å². The van der Waals surface area contributed by atoms with Crippen molar-refractivity contribution in [2.24, 2.45) is 0 Å². The van der Waals surface area contributed by atoms with Crippen LogP contribution in [-0.2, 0) is 8.92 Å². The second-order valence-corrected chi connectivity index (χ2v) is 5.02. The molecule has 0 aliphatic rings. The van der Waals surface area contributed by atoms with Crippen molar-refractivity contribution in [3.05, 3.63) is 48.0 Å². The molecule has 0 aliphatic heterocycles. The minimum atomic E-state index is -1.02. The second kappa shape index (κ2) is 6.74. The largest absolute Gasteiger partial charge is 0.415 e. The zero-order chi connectivity index (χ0) is 14.5. The molecule has 2 aromatic rings. The monoisotopic (exact) mass is 330 g/mol. The highest BCUT2D eigenvalue weighted by atomic mass is 35.5. The van der Waals surface area contributed by atoms with Crippen molar-refractivity contribution in [3.63, 3.8) is 0 Å². The molecule has 2 rings (SSSR count). The molecule has 0 spiro atoms. The fourth-order valence-electron chi connectivity index (χ4n) is 1.61. The smallest absolute Gasteiger partial charge is 0.405 e. The van der Waals surface area contributed by atoms with E-state index in [1.165, 1.54) is 0 Å². The van der Waals surface area contributed by atoms with Gasteiger partial charge in [-0.15, -0.1) is 0 Å². The van der Waals surface area contributed by atoms with E-state index >= 15 is 0 Å². The molecule has 0 amide bonds. The SMILES string of the molecule is O=C(Cl)O[SH]=C(OC(=O)Cl)c1ccc2ccccc2c1. The topological polar surface area (TPSA) is 52.6 Å². The number of carbonyl (C=O) groups is 2. The van der Waals surface area contributed by atoms with Gasteiger partial charge in [0.05, 0.1) is 0 Å². The number of carbonyl (C=O) groups excluding carboxylic acids is 2. The zero-order valence-electron chi connectivity index (χ0n) is 9.88. The first kappa shape index (κ1) is 14.8. The highest BCUT2D eigenvalue weighted by Gasteiger charge is 2.10. The van der Waals surface area contributed by atoms with Gasteiger partial charge in [0.1, 0.15) is 0 Å². The summed E-state index contributed by atoms with van der Waals surface area (Å²) in [6.07, 6.45) is 0. The molecule has 0 radical (unpaired) electrons. The first-order chi connectivity index (χ1) is 9.56. The summed E-state index contributed by atoms with van der Waals surface area (Å²) >= 11 is 10.3. The van der Waals surface area contributed by atoms with Crippen molar-refractivity contribution in [2.75, 3.05) is 0 Å². The maximum absolute atomic E-state index is 10.9. The van der Waals surface area contributed by atoms with Crippen LogP contribution < -0.4 is 0 Å². The van der Waals surface area contributed by atoms with Gasteiger partial charge in [0.2, 0.25) is 0 Å². The number of ether oxygens (including phenoxy) is 1. The Hall–Kier alpha value is -1.56. The second-order valence-electron chi connectivity index (χ2n) is 3.63. The summed E-state index contributed by atoms with van der Waals surface area (Å²) < 4.78 is 9.43. The van der Waals surface area contributed by atoms with Gasteiger partial charge in [0.25, 0.3) is 0 Å². The lowest BCUT2D eigenvalue weighted by Crippen LogP contribution is -2.07. The van der Waals surface area contributed by atoms with Crippen LogP contribution in [0, 0.1) is 0 Å². The summed E-state index contributed by atoms with van der Waals surface area (Å²) in [5.74, 6) is 0. The molecular weight excluding hydrogens is 323 g/mol. The molecule has 0 heterocycles. The summed E-state index contributed by atoms with van der Waals surface area (Å²) in [5.41, 5.74) is -1.46. The van der Waals surface area contributed by atoms with Crippen LogP contribution in [0.2, 0.25) is 0 Å². The van der Waals surface area contributed by atoms with Crippen LogP contribution in [0.4, 0.5) is 9.59 Å². The first-order valence-corrected chi connectivity index (χ1v) is 6.94. The van der Waals surface area contributed by atoms with E-state index in [2.05, 4.69) is 4.18 Å². The molecule has 4 nitrogen and oxygen atoms in total. The Balaban J connectivity index is 2.41. The lowest BCUT2D eigenvalue weighted by atomic mass is 10.1. The van der Waals surface area contributed by atoms with Crippen molar-refractivity contribution in [1.82, 2.24) is 0 Å². The minimum Gasteiger partial charge on any atom is -0.405 e. The minimum absolute atomic E-state index is 0.00999. The summed E-state index contributed by atoms with van der Waals surface area (Å²) in [4.78, 5) is 21.5. The molecule has 2 aromatic carbocycles. The predicted octanol–water partition coefficient (Wildman–Crippen LogP) is 4.45. The number of hydrogen-bond acceptors (Lipinski definition) is 4. The Labute approximate surface area is 128 Å². The predicted molar refractivity (Wildman–Crippen MR) is 81.7 cm³/mol. The Morgan fingerprint density at radius 2 is 1.65 bits per heavy atom. The van der Waals surface area contributed by atoms with E-state index in [4.69, 9.17) is 27.9 Å². The van der Waals surface area contributed by atoms with Gasteiger partial charge in [-0.25, -0.2) is 9.59 Å². The van der Waals surface area contributed by atoms with Crippen molar-refractivity contribution >= 4 is 61.5 Å². The Morgan fingerprint density at radius 3 is 2.30 bits per heavy atom. The molecule has 0 atom stereocenters. The van der Waals surface area contributed by atoms with Gasteiger partial charge in [-0.05, 0) is 22.9 Å². The fraction of sp³-hybridized carbons (Fsp3) is 0. The lowest BCUT2D eigenvalue weighted by molar-refractivity contribution is 0.223. The molecule has 0 aromatic heterocycles. The molecule has 0 saturated heterocycles. The van der Waals surface area contributed by atoms with Gasteiger partial charge in [0.15, 0.2) is 5.05 Å². The number of halogens is 2. The normalized spacial score (nSPS) is 11.6. The number of rotatable bonds is 2. The summed E-state index contributed by atoms with van der Waals surface area (Å²) in [5, 5.41) is 2.06. The Bertz CT molecular complexity index is 700. The third-order valence-corrected chi connectivity index (χ3v) is 3.41. The average Bonchev–Trinajstić information content (AvgIpc) is 2.42. The summed E-state index contributed by atoms with van der Waals surface area (Å²) in [7, 11) is 0. The summed E-state index contributed by atoms with van der Waals surface area (Å²) in [6.45, 7) is 0. The van der Waals surface area contributed by atoms with Gasteiger partial charge in [-0.1, -0.05) is 30.3 Å². The molecule has 20 heavy (non-hydrogen) atoms. The van der Waals surface area contributed by atoms with Gasteiger partial charge in [-0.3, -0.25) is 0 Å². The molecule has 104 valence electrons. The number of hydrogen-bond donors (Lipinski definition) is 1. The lowest BCUT2D eigenvalue weighted by Gasteiger charge is -2.07. The molecule has 0 N–H and O–H groups in total. The van der Waals surface area contributed by atoms with Gasteiger partial charge >= 0.3 is 10.9 Å². The number of thiol groups is 1. The van der Waals surface area contributed by atoms with E-state index < -0.39 is 10.9 Å².